The molecular formula is C27H29ClN2O5S. The predicted octanol–water partition coefficient (Wildman–Crippen LogP) is 4.67. The number of nitrogens with one attached hydrogen (secondary N) is 1. The van der Waals surface area contributed by atoms with Gasteiger partial charge in [-0.15, -0.1) is 11.3 Å². The molecule has 0 aliphatic carbocycles. The number of hydrazone groups is 1. The molecule has 1 amide bonds. The van der Waals surface area contributed by atoms with Crippen molar-refractivity contribution in [2.24, 2.45) is 5.10 Å². The van der Waals surface area contributed by atoms with E-state index < -0.39 is 24.4 Å². The Kier molecular flexibility index (Phi) is 8.77. The lowest BCUT2D eigenvalue weighted by molar-refractivity contribution is -0.152. The molecule has 0 bridgehead atoms. The number of rotatable bonds is 8. The summed E-state index contributed by atoms with van der Waals surface area (Å²) in [5.41, 5.74) is 5.12. The number of aliphatic hydroxyl groups excluding tert-OH is 2. The van der Waals surface area contributed by atoms with E-state index in [9.17, 15) is 15.0 Å². The molecule has 190 valence electrons. The fourth-order valence-corrected chi connectivity index (χ4v) is 5.00. The topological polar surface area (TPSA) is 100 Å². The van der Waals surface area contributed by atoms with Gasteiger partial charge in [0.2, 0.25) is 0 Å². The molecule has 0 unspecified atom stereocenters. The molecule has 36 heavy (non-hydrogen) atoms. The number of carbonyl (C=O) groups excluding carboxylic acids is 1. The second-order valence-corrected chi connectivity index (χ2v) is 10.3. The predicted molar refractivity (Wildman–Crippen MR) is 141 cm³/mol. The van der Waals surface area contributed by atoms with Gasteiger partial charge < -0.3 is 19.7 Å². The minimum Gasteiger partial charge on any atom is -0.494 e. The Morgan fingerprint density at radius 2 is 2.00 bits per heavy atom. The molecule has 2 aromatic carbocycles. The van der Waals surface area contributed by atoms with Crippen molar-refractivity contribution in [1.29, 1.82) is 0 Å². The number of amides is 1. The van der Waals surface area contributed by atoms with Crippen LogP contribution in [0.3, 0.4) is 0 Å². The fourth-order valence-electron chi connectivity index (χ4n) is 4.06. The van der Waals surface area contributed by atoms with E-state index in [-0.39, 0.29) is 12.3 Å². The first kappa shape index (κ1) is 26.3. The second-order valence-electron chi connectivity index (χ2n) is 8.62. The first-order valence-electron chi connectivity index (χ1n) is 11.8. The van der Waals surface area contributed by atoms with Crippen LogP contribution in [0.5, 0.6) is 5.75 Å². The third kappa shape index (κ3) is 6.52. The fraction of sp³-hybridized carbons (Fsp3) is 0.333. The molecule has 0 spiro atoms. The van der Waals surface area contributed by atoms with Gasteiger partial charge in [-0.05, 0) is 67.3 Å². The smallest absolute Gasteiger partial charge is 0.281 e. The highest BCUT2D eigenvalue weighted by Gasteiger charge is 2.37. The zero-order chi connectivity index (χ0) is 25.7. The van der Waals surface area contributed by atoms with Crippen molar-refractivity contribution in [2.45, 2.75) is 51.1 Å². The molecule has 7 nitrogen and oxygen atoms in total. The molecule has 4 rings (SSSR count). The normalized spacial score (nSPS) is 22.0. The van der Waals surface area contributed by atoms with Crippen LogP contribution in [0.2, 0.25) is 5.02 Å². The Morgan fingerprint density at radius 1 is 1.22 bits per heavy atom. The average Bonchev–Trinajstić information content (AvgIpc) is 3.30. The Labute approximate surface area is 219 Å². The Balaban J connectivity index is 1.45. The van der Waals surface area contributed by atoms with E-state index in [1.165, 1.54) is 17.6 Å². The number of hydrogen-bond donors (Lipinski definition) is 3. The number of hydrogen-bond acceptors (Lipinski definition) is 7. The molecule has 1 aliphatic rings. The van der Waals surface area contributed by atoms with Crippen molar-refractivity contribution in [3.05, 3.63) is 86.1 Å². The molecule has 9 heteroatoms. The summed E-state index contributed by atoms with van der Waals surface area (Å²) >= 11 is 7.85. The Morgan fingerprint density at radius 3 is 2.69 bits per heavy atom. The van der Waals surface area contributed by atoms with Crippen molar-refractivity contribution in [3.63, 3.8) is 0 Å². The van der Waals surface area contributed by atoms with E-state index in [1.807, 2.05) is 50.2 Å². The first-order chi connectivity index (χ1) is 17.3. The number of ether oxygens (including phenoxy) is 2. The van der Waals surface area contributed by atoms with Gasteiger partial charge in [0.05, 0.1) is 29.9 Å². The van der Waals surface area contributed by atoms with Gasteiger partial charge in [0, 0.05) is 16.3 Å². The van der Waals surface area contributed by atoms with E-state index in [0.29, 0.717) is 28.5 Å². The molecule has 3 aromatic rings. The minimum absolute atomic E-state index is 0.155. The Bertz CT molecular complexity index is 1210. The lowest BCUT2D eigenvalue weighted by atomic mass is 9.92. The van der Waals surface area contributed by atoms with Crippen molar-refractivity contribution >= 4 is 35.1 Å². The molecule has 1 fully saturated rings. The number of nitrogens with zero attached hydrogens (tertiary/aromatic N) is 1. The summed E-state index contributed by atoms with van der Waals surface area (Å²) < 4.78 is 11.6. The van der Waals surface area contributed by atoms with Gasteiger partial charge in [0.25, 0.3) is 5.91 Å². The standard InChI is InChI=1S/C27H29ClN2O5S/c1-3-34-20-8-5-17(6-9-20)12-19-13-18(7-10-22(19)28)26-25(32)23(31)14-21(35-26)15-29-30-27(33)24-11-4-16(2)36-24/h4-11,13,15,21,23,25-26,31-32H,3,12,14H2,1-2H3,(H,30,33)/b29-15+/t21-,23-,25+,26-/m0/s1. The summed E-state index contributed by atoms with van der Waals surface area (Å²) in [6.07, 6.45) is -1.32. The van der Waals surface area contributed by atoms with Gasteiger partial charge in [-0.25, -0.2) is 5.43 Å². The molecule has 2 heterocycles. The zero-order valence-corrected chi connectivity index (χ0v) is 21.6. The van der Waals surface area contributed by atoms with Crippen LogP contribution in [0.15, 0.2) is 59.7 Å². The summed E-state index contributed by atoms with van der Waals surface area (Å²) in [5.74, 6) is 0.497. The van der Waals surface area contributed by atoms with Gasteiger partial charge in [-0.1, -0.05) is 35.9 Å². The van der Waals surface area contributed by atoms with E-state index in [4.69, 9.17) is 21.1 Å². The Hall–Kier alpha value is -2.75. The van der Waals surface area contributed by atoms with Crippen LogP contribution in [0.4, 0.5) is 0 Å². The maximum absolute atomic E-state index is 12.2. The van der Waals surface area contributed by atoms with Crippen LogP contribution in [-0.4, -0.2) is 47.3 Å². The first-order valence-corrected chi connectivity index (χ1v) is 12.9. The SMILES string of the molecule is CCOc1ccc(Cc2cc([C@@H]3O[C@H](/C=N/NC(=O)c4ccc(C)s4)C[C@H](O)[C@H]3O)ccc2Cl)cc1. The number of halogens is 1. The van der Waals surface area contributed by atoms with E-state index in [2.05, 4.69) is 10.5 Å². The summed E-state index contributed by atoms with van der Waals surface area (Å²) in [5, 5.41) is 25.8. The lowest BCUT2D eigenvalue weighted by Crippen LogP contribution is -2.44. The number of aliphatic hydroxyl groups is 2. The minimum atomic E-state index is -1.11. The van der Waals surface area contributed by atoms with Crippen molar-refractivity contribution in [3.8, 4) is 5.75 Å². The number of benzene rings is 2. The highest BCUT2D eigenvalue weighted by Crippen LogP contribution is 2.34. The highest BCUT2D eigenvalue weighted by atomic mass is 35.5. The lowest BCUT2D eigenvalue weighted by Gasteiger charge is -2.36. The van der Waals surface area contributed by atoms with Gasteiger partial charge in [0.15, 0.2) is 0 Å². The summed E-state index contributed by atoms with van der Waals surface area (Å²) in [4.78, 5) is 13.8. The molecule has 1 aliphatic heterocycles. The largest absolute Gasteiger partial charge is 0.494 e. The molecule has 1 aromatic heterocycles. The molecular weight excluding hydrogens is 500 g/mol. The second kappa shape index (κ2) is 12.0. The molecule has 0 saturated carbocycles. The zero-order valence-electron chi connectivity index (χ0n) is 20.1. The third-order valence-electron chi connectivity index (χ3n) is 5.90. The van der Waals surface area contributed by atoms with Crippen LogP contribution in [0.25, 0.3) is 0 Å². The summed E-state index contributed by atoms with van der Waals surface area (Å²) in [6, 6.07) is 16.9. The van der Waals surface area contributed by atoms with E-state index in [0.717, 1.165) is 21.8 Å². The van der Waals surface area contributed by atoms with E-state index >= 15 is 0 Å². The number of thiophene rings is 1. The van der Waals surface area contributed by atoms with Crippen LogP contribution >= 0.6 is 22.9 Å². The van der Waals surface area contributed by atoms with Crippen molar-refractivity contribution in [2.75, 3.05) is 6.61 Å². The maximum Gasteiger partial charge on any atom is 0.281 e. The number of carbonyl (C=O) groups is 1. The number of aryl methyl sites for hydroxylation is 1. The van der Waals surface area contributed by atoms with Gasteiger partial charge >= 0.3 is 0 Å². The highest BCUT2D eigenvalue weighted by molar-refractivity contribution is 7.13. The maximum atomic E-state index is 12.2. The monoisotopic (exact) mass is 528 g/mol. The molecule has 4 atom stereocenters. The van der Waals surface area contributed by atoms with Crippen LogP contribution in [0.1, 0.15) is 50.7 Å². The van der Waals surface area contributed by atoms with Crippen LogP contribution in [0, 0.1) is 6.92 Å². The van der Waals surface area contributed by atoms with Gasteiger partial charge in [-0.3, -0.25) is 4.79 Å². The van der Waals surface area contributed by atoms with Crippen molar-refractivity contribution in [1.82, 2.24) is 5.43 Å². The molecule has 1 saturated heterocycles. The van der Waals surface area contributed by atoms with Crippen LogP contribution in [-0.2, 0) is 11.2 Å². The van der Waals surface area contributed by atoms with Crippen molar-refractivity contribution < 1.29 is 24.5 Å². The van der Waals surface area contributed by atoms with Gasteiger partial charge in [-0.2, -0.15) is 5.10 Å². The van der Waals surface area contributed by atoms with E-state index in [1.54, 1.807) is 18.2 Å². The summed E-state index contributed by atoms with van der Waals surface area (Å²) in [7, 11) is 0. The van der Waals surface area contributed by atoms with Crippen LogP contribution < -0.4 is 10.2 Å². The third-order valence-corrected chi connectivity index (χ3v) is 7.27. The summed E-state index contributed by atoms with van der Waals surface area (Å²) in [6.45, 7) is 4.47. The molecule has 3 N–H and O–H groups in total. The molecule has 0 radical (unpaired) electrons. The quantitative estimate of drug-likeness (QED) is 0.291. The van der Waals surface area contributed by atoms with Gasteiger partial charge in [0.1, 0.15) is 18.0 Å². The average molecular weight is 529 g/mol.